The number of aryl methyl sites for hydroxylation is 1. The first kappa shape index (κ1) is 17.8. The number of hydrogen-bond acceptors (Lipinski definition) is 2. The SMILES string of the molecule is Cc1ccccc1N(c1ccccc1)c1ccc2oc3ccc4ccccc4c3c2c1. The van der Waals surface area contributed by atoms with Crippen molar-refractivity contribution in [3.05, 3.63) is 115 Å². The average molecular weight is 399 g/mol. The van der Waals surface area contributed by atoms with Gasteiger partial charge < -0.3 is 9.32 Å². The Kier molecular flexibility index (Phi) is 4.03. The summed E-state index contributed by atoms with van der Waals surface area (Å²) >= 11 is 0. The van der Waals surface area contributed by atoms with Crippen molar-refractivity contribution in [3.8, 4) is 0 Å². The molecule has 148 valence electrons. The molecule has 0 spiro atoms. The largest absolute Gasteiger partial charge is 0.456 e. The predicted molar refractivity (Wildman–Crippen MR) is 131 cm³/mol. The molecule has 0 saturated carbocycles. The van der Waals surface area contributed by atoms with Crippen LogP contribution in [-0.2, 0) is 0 Å². The Morgan fingerprint density at radius 2 is 1.32 bits per heavy atom. The van der Waals surface area contributed by atoms with Crippen molar-refractivity contribution in [2.75, 3.05) is 4.90 Å². The fourth-order valence-electron chi connectivity index (χ4n) is 4.49. The third-order valence-electron chi connectivity index (χ3n) is 5.97. The lowest BCUT2D eigenvalue weighted by molar-refractivity contribution is 0.669. The van der Waals surface area contributed by atoms with Crippen LogP contribution in [0.2, 0.25) is 0 Å². The highest BCUT2D eigenvalue weighted by Crippen LogP contribution is 2.41. The molecular weight excluding hydrogens is 378 g/mol. The van der Waals surface area contributed by atoms with Gasteiger partial charge in [0.15, 0.2) is 0 Å². The van der Waals surface area contributed by atoms with E-state index in [1.807, 2.05) is 0 Å². The zero-order valence-electron chi connectivity index (χ0n) is 17.2. The lowest BCUT2D eigenvalue weighted by atomic mass is 10.0. The molecule has 0 atom stereocenters. The summed E-state index contributed by atoms with van der Waals surface area (Å²) in [6, 6.07) is 38.2. The molecule has 1 heterocycles. The molecule has 0 fully saturated rings. The first-order chi connectivity index (χ1) is 15.3. The molecule has 5 aromatic carbocycles. The van der Waals surface area contributed by atoms with Crippen molar-refractivity contribution in [2.45, 2.75) is 6.92 Å². The molecule has 6 aromatic rings. The molecule has 0 unspecified atom stereocenters. The highest BCUT2D eigenvalue weighted by atomic mass is 16.3. The Hall–Kier alpha value is -4.04. The summed E-state index contributed by atoms with van der Waals surface area (Å²) in [4.78, 5) is 2.32. The molecule has 1 aromatic heterocycles. The molecule has 0 aliphatic carbocycles. The molecule has 0 aliphatic heterocycles. The van der Waals surface area contributed by atoms with Crippen LogP contribution in [0.3, 0.4) is 0 Å². The van der Waals surface area contributed by atoms with Gasteiger partial charge in [0.2, 0.25) is 0 Å². The lowest BCUT2D eigenvalue weighted by Gasteiger charge is -2.27. The number of furan rings is 1. The third kappa shape index (κ3) is 2.88. The summed E-state index contributed by atoms with van der Waals surface area (Å²) in [5.74, 6) is 0. The summed E-state index contributed by atoms with van der Waals surface area (Å²) in [7, 11) is 0. The Labute approximate surface area is 181 Å². The maximum absolute atomic E-state index is 6.21. The highest BCUT2D eigenvalue weighted by Gasteiger charge is 2.17. The van der Waals surface area contributed by atoms with E-state index < -0.39 is 0 Å². The van der Waals surface area contributed by atoms with E-state index in [2.05, 4.69) is 121 Å². The van der Waals surface area contributed by atoms with Crippen molar-refractivity contribution in [3.63, 3.8) is 0 Å². The van der Waals surface area contributed by atoms with E-state index in [9.17, 15) is 0 Å². The minimum Gasteiger partial charge on any atom is -0.456 e. The van der Waals surface area contributed by atoms with Crippen LogP contribution < -0.4 is 4.90 Å². The number of nitrogens with zero attached hydrogens (tertiary/aromatic N) is 1. The van der Waals surface area contributed by atoms with Gasteiger partial charge in [-0.25, -0.2) is 0 Å². The number of benzene rings is 5. The fourth-order valence-corrected chi connectivity index (χ4v) is 4.49. The fraction of sp³-hybridized carbons (Fsp3) is 0.0345. The number of fused-ring (bicyclic) bond motifs is 5. The summed E-state index contributed by atoms with van der Waals surface area (Å²) in [5, 5.41) is 4.76. The van der Waals surface area contributed by atoms with Crippen LogP contribution in [0.25, 0.3) is 32.7 Å². The van der Waals surface area contributed by atoms with Gasteiger partial charge in [-0.3, -0.25) is 0 Å². The highest BCUT2D eigenvalue weighted by molar-refractivity contribution is 6.19. The van der Waals surface area contributed by atoms with Crippen LogP contribution in [-0.4, -0.2) is 0 Å². The average Bonchev–Trinajstić information content (AvgIpc) is 3.20. The van der Waals surface area contributed by atoms with E-state index in [0.29, 0.717) is 0 Å². The minimum atomic E-state index is 0.910. The van der Waals surface area contributed by atoms with Crippen LogP contribution in [0, 0.1) is 6.92 Å². The van der Waals surface area contributed by atoms with Crippen molar-refractivity contribution in [1.82, 2.24) is 0 Å². The normalized spacial score (nSPS) is 11.4. The predicted octanol–water partition coefficient (Wildman–Crippen LogP) is 8.52. The number of hydrogen-bond donors (Lipinski definition) is 0. The van der Waals surface area contributed by atoms with Gasteiger partial charge in [0, 0.05) is 27.8 Å². The van der Waals surface area contributed by atoms with Gasteiger partial charge in [0.1, 0.15) is 11.2 Å². The molecule has 2 nitrogen and oxygen atoms in total. The first-order valence-corrected chi connectivity index (χ1v) is 10.5. The van der Waals surface area contributed by atoms with E-state index in [-0.39, 0.29) is 0 Å². The molecule has 31 heavy (non-hydrogen) atoms. The van der Waals surface area contributed by atoms with E-state index in [4.69, 9.17) is 4.42 Å². The molecule has 2 heteroatoms. The molecule has 0 radical (unpaired) electrons. The summed E-state index contributed by atoms with van der Waals surface area (Å²) in [5.41, 5.74) is 6.48. The second-order valence-corrected chi connectivity index (χ2v) is 7.90. The third-order valence-corrected chi connectivity index (χ3v) is 5.97. The molecule has 0 bridgehead atoms. The molecular formula is C29H21NO. The molecule has 0 saturated heterocycles. The maximum Gasteiger partial charge on any atom is 0.136 e. The standard InChI is InChI=1S/C29H21NO/c1-20-9-5-8-14-26(20)30(22-11-3-2-4-12-22)23-16-18-27-25(19-23)29-24-13-7-6-10-21(24)15-17-28(29)31-27/h2-19H,1H3. The monoisotopic (exact) mass is 399 g/mol. The van der Waals surface area contributed by atoms with Gasteiger partial charge in [0.25, 0.3) is 0 Å². The number of anilines is 3. The lowest BCUT2D eigenvalue weighted by Crippen LogP contribution is -2.11. The van der Waals surface area contributed by atoms with Gasteiger partial charge in [-0.15, -0.1) is 0 Å². The van der Waals surface area contributed by atoms with Crippen molar-refractivity contribution in [2.24, 2.45) is 0 Å². The minimum absolute atomic E-state index is 0.910. The topological polar surface area (TPSA) is 16.4 Å². The van der Waals surface area contributed by atoms with Crippen LogP contribution in [0.1, 0.15) is 5.56 Å². The summed E-state index contributed by atoms with van der Waals surface area (Å²) in [6.45, 7) is 2.16. The Morgan fingerprint density at radius 3 is 2.19 bits per heavy atom. The molecule has 0 N–H and O–H groups in total. The van der Waals surface area contributed by atoms with Crippen LogP contribution in [0.15, 0.2) is 114 Å². The van der Waals surface area contributed by atoms with Crippen LogP contribution >= 0.6 is 0 Å². The van der Waals surface area contributed by atoms with Crippen molar-refractivity contribution >= 4 is 49.8 Å². The van der Waals surface area contributed by atoms with Crippen LogP contribution in [0.5, 0.6) is 0 Å². The van der Waals surface area contributed by atoms with Gasteiger partial charge in [0.05, 0.1) is 0 Å². The summed E-state index contributed by atoms with van der Waals surface area (Å²) < 4.78 is 6.21. The number of rotatable bonds is 3. The van der Waals surface area contributed by atoms with E-state index in [1.54, 1.807) is 0 Å². The zero-order chi connectivity index (χ0) is 20.8. The molecule has 6 rings (SSSR count). The molecule has 0 amide bonds. The Balaban J connectivity index is 1.65. The van der Waals surface area contributed by atoms with E-state index in [1.165, 1.54) is 27.4 Å². The second kappa shape index (κ2) is 7.03. The van der Waals surface area contributed by atoms with Gasteiger partial charge in [-0.05, 0) is 65.7 Å². The smallest absolute Gasteiger partial charge is 0.136 e. The second-order valence-electron chi connectivity index (χ2n) is 7.90. The Bertz CT molecular complexity index is 1550. The molecule has 0 aliphatic rings. The van der Waals surface area contributed by atoms with Gasteiger partial charge in [-0.1, -0.05) is 66.7 Å². The van der Waals surface area contributed by atoms with E-state index >= 15 is 0 Å². The van der Waals surface area contributed by atoms with Crippen molar-refractivity contribution in [1.29, 1.82) is 0 Å². The zero-order valence-corrected chi connectivity index (χ0v) is 17.2. The quantitative estimate of drug-likeness (QED) is 0.296. The van der Waals surface area contributed by atoms with Gasteiger partial charge in [-0.2, -0.15) is 0 Å². The maximum atomic E-state index is 6.21. The Morgan fingerprint density at radius 1 is 0.581 bits per heavy atom. The van der Waals surface area contributed by atoms with Crippen molar-refractivity contribution < 1.29 is 4.42 Å². The van der Waals surface area contributed by atoms with E-state index in [0.717, 1.165) is 27.9 Å². The number of para-hydroxylation sites is 2. The van der Waals surface area contributed by atoms with Gasteiger partial charge >= 0.3 is 0 Å². The van der Waals surface area contributed by atoms with Crippen LogP contribution in [0.4, 0.5) is 17.1 Å². The summed E-state index contributed by atoms with van der Waals surface area (Å²) in [6.07, 6.45) is 0. The first-order valence-electron chi connectivity index (χ1n) is 10.5.